The van der Waals surface area contributed by atoms with Gasteiger partial charge in [-0.3, -0.25) is 4.79 Å². The van der Waals surface area contributed by atoms with E-state index >= 15 is 0 Å². The van der Waals surface area contributed by atoms with Crippen molar-refractivity contribution < 1.29 is 9.53 Å². The molecule has 110 valence electrons. The van der Waals surface area contributed by atoms with E-state index in [-0.39, 0.29) is 11.3 Å². The zero-order valence-corrected chi connectivity index (χ0v) is 12.7. The second kappa shape index (κ2) is 6.98. The van der Waals surface area contributed by atoms with E-state index in [0.717, 1.165) is 24.2 Å². The maximum absolute atomic E-state index is 12.0. The third-order valence-corrected chi connectivity index (χ3v) is 4.70. The van der Waals surface area contributed by atoms with E-state index in [1.54, 1.807) is 7.11 Å². The SMILES string of the molecule is COc1ccc(CC(=O)NCC2(CCl)CCCC2)cc1. The number of hydrogen-bond acceptors (Lipinski definition) is 2. The molecule has 1 amide bonds. The van der Waals surface area contributed by atoms with Crippen molar-refractivity contribution in [2.45, 2.75) is 32.1 Å². The normalized spacial score (nSPS) is 16.9. The molecule has 2 rings (SSSR count). The lowest BCUT2D eigenvalue weighted by Gasteiger charge is -2.26. The summed E-state index contributed by atoms with van der Waals surface area (Å²) in [7, 11) is 1.63. The van der Waals surface area contributed by atoms with E-state index in [1.165, 1.54) is 12.8 Å². The summed E-state index contributed by atoms with van der Waals surface area (Å²) in [6.07, 6.45) is 5.10. The molecular weight excluding hydrogens is 274 g/mol. The molecule has 1 aliphatic carbocycles. The number of nitrogens with one attached hydrogen (secondary N) is 1. The van der Waals surface area contributed by atoms with Crippen molar-refractivity contribution in [1.82, 2.24) is 5.32 Å². The predicted octanol–water partition coefficient (Wildman–Crippen LogP) is 3.15. The number of carbonyl (C=O) groups excluding carboxylic acids is 1. The van der Waals surface area contributed by atoms with E-state index in [9.17, 15) is 4.79 Å². The van der Waals surface area contributed by atoms with Gasteiger partial charge < -0.3 is 10.1 Å². The number of hydrogen-bond donors (Lipinski definition) is 1. The molecule has 0 spiro atoms. The number of amides is 1. The molecule has 0 saturated heterocycles. The van der Waals surface area contributed by atoms with Crippen LogP contribution in [-0.2, 0) is 11.2 Å². The lowest BCUT2D eigenvalue weighted by atomic mass is 9.88. The highest BCUT2D eigenvalue weighted by Gasteiger charge is 2.33. The minimum absolute atomic E-state index is 0.0616. The topological polar surface area (TPSA) is 38.3 Å². The van der Waals surface area contributed by atoms with Crippen LogP contribution in [0, 0.1) is 5.41 Å². The molecule has 20 heavy (non-hydrogen) atoms. The molecule has 0 unspecified atom stereocenters. The Bertz CT molecular complexity index is 438. The van der Waals surface area contributed by atoms with Crippen molar-refractivity contribution in [2.24, 2.45) is 5.41 Å². The van der Waals surface area contributed by atoms with Gasteiger partial charge in [-0.2, -0.15) is 0 Å². The van der Waals surface area contributed by atoms with Crippen LogP contribution in [0.3, 0.4) is 0 Å². The molecule has 0 atom stereocenters. The monoisotopic (exact) mass is 295 g/mol. The van der Waals surface area contributed by atoms with Crippen LogP contribution in [0.2, 0.25) is 0 Å². The molecule has 0 radical (unpaired) electrons. The molecule has 1 N–H and O–H groups in total. The van der Waals surface area contributed by atoms with Gasteiger partial charge in [0.05, 0.1) is 13.5 Å². The van der Waals surface area contributed by atoms with Crippen molar-refractivity contribution in [2.75, 3.05) is 19.5 Å². The minimum atomic E-state index is 0.0616. The molecule has 1 aromatic rings. The number of alkyl halides is 1. The van der Waals surface area contributed by atoms with E-state index in [0.29, 0.717) is 18.8 Å². The molecule has 1 aromatic carbocycles. The molecule has 1 aliphatic rings. The van der Waals surface area contributed by atoms with Crippen LogP contribution in [0.25, 0.3) is 0 Å². The molecule has 4 heteroatoms. The summed E-state index contributed by atoms with van der Waals surface area (Å²) in [5.41, 5.74) is 1.12. The first kappa shape index (κ1) is 15.2. The number of methoxy groups -OCH3 is 1. The first-order valence-corrected chi connectivity index (χ1v) is 7.66. The van der Waals surface area contributed by atoms with Crippen LogP contribution in [0.4, 0.5) is 0 Å². The Labute approximate surface area is 125 Å². The van der Waals surface area contributed by atoms with Gasteiger partial charge >= 0.3 is 0 Å². The van der Waals surface area contributed by atoms with Gasteiger partial charge in [0, 0.05) is 17.8 Å². The molecule has 0 heterocycles. The first-order chi connectivity index (χ1) is 9.67. The maximum Gasteiger partial charge on any atom is 0.224 e. The molecule has 0 bridgehead atoms. The second-order valence-corrected chi connectivity index (χ2v) is 5.91. The van der Waals surface area contributed by atoms with Crippen molar-refractivity contribution >= 4 is 17.5 Å². The van der Waals surface area contributed by atoms with Crippen LogP contribution < -0.4 is 10.1 Å². The maximum atomic E-state index is 12.0. The highest BCUT2D eigenvalue weighted by Crippen LogP contribution is 2.38. The summed E-state index contributed by atoms with van der Waals surface area (Å²) >= 11 is 6.08. The van der Waals surface area contributed by atoms with E-state index in [2.05, 4.69) is 5.32 Å². The van der Waals surface area contributed by atoms with Gasteiger partial charge in [0.15, 0.2) is 0 Å². The Morgan fingerprint density at radius 2 is 1.95 bits per heavy atom. The Hall–Kier alpha value is -1.22. The minimum Gasteiger partial charge on any atom is -0.497 e. The Kier molecular flexibility index (Phi) is 5.30. The Balaban J connectivity index is 1.82. The fourth-order valence-corrected chi connectivity index (χ4v) is 3.12. The Morgan fingerprint density at radius 3 is 2.50 bits per heavy atom. The van der Waals surface area contributed by atoms with Gasteiger partial charge in [-0.15, -0.1) is 11.6 Å². The number of carbonyl (C=O) groups is 1. The number of benzene rings is 1. The highest BCUT2D eigenvalue weighted by atomic mass is 35.5. The van der Waals surface area contributed by atoms with Gasteiger partial charge in [0.25, 0.3) is 0 Å². The summed E-state index contributed by atoms with van der Waals surface area (Å²) in [4.78, 5) is 12.0. The van der Waals surface area contributed by atoms with Crippen LogP contribution in [0.5, 0.6) is 5.75 Å². The summed E-state index contributed by atoms with van der Waals surface area (Å²) in [5.74, 6) is 1.50. The molecule has 1 saturated carbocycles. The summed E-state index contributed by atoms with van der Waals surface area (Å²) < 4.78 is 5.10. The largest absolute Gasteiger partial charge is 0.497 e. The second-order valence-electron chi connectivity index (χ2n) is 5.64. The lowest BCUT2D eigenvalue weighted by molar-refractivity contribution is -0.120. The average molecular weight is 296 g/mol. The fourth-order valence-electron chi connectivity index (χ4n) is 2.76. The van der Waals surface area contributed by atoms with Gasteiger partial charge in [0.2, 0.25) is 5.91 Å². The molecule has 3 nitrogen and oxygen atoms in total. The average Bonchev–Trinajstić information content (AvgIpc) is 2.95. The van der Waals surface area contributed by atoms with Crippen LogP contribution >= 0.6 is 11.6 Å². The lowest BCUT2D eigenvalue weighted by Crippen LogP contribution is -2.37. The Morgan fingerprint density at radius 1 is 1.30 bits per heavy atom. The van der Waals surface area contributed by atoms with Crippen molar-refractivity contribution in [3.05, 3.63) is 29.8 Å². The summed E-state index contributed by atoms with van der Waals surface area (Å²) in [5, 5.41) is 3.04. The molecule has 0 aromatic heterocycles. The molecule has 0 aliphatic heterocycles. The zero-order chi connectivity index (χ0) is 14.4. The molecular formula is C16H22ClNO2. The first-order valence-electron chi connectivity index (χ1n) is 7.13. The van der Waals surface area contributed by atoms with Crippen molar-refractivity contribution in [3.63, 3.8) is 0 Å². The predicted molar refractivity (Wildman–Crippen MR) is 81.3 cm³/mol. The van der Waals surface area contributed by atoms with E-state index < -0.39 is 0 Å². The fraction of sp³-hybridized carbons (Fsp3) is 0.562. The quantitative estimate of drug-likeness (QED) is 0.819. The van der Waals surface area contributed by atoms with E-state index in [1.807, 2.05) is 24.3 Å². The van der Waals surface area contributed by atoms with E-state index in [4.69, 9.17) is 16.3 Å². The van der Waals surface area contributed by atoms with Gasteiger partial charge in [-0.05, 0) is 30.5 Å². The van der Waals surface area contributed by atoms with Gasteiger partial charge in [0.1, 0.15) is 5.75 Å². The zero-order valence-electron chi connectivity index (χ0n) is 12.0. The molecule has 1 fully saturated rings. The van der Waals surface area contributed by atoms with Gasteiger partial charge in [-0.1, -0.05) is 25.0 Å². The standard InChI is InChI=1S/C16H22ClNO2/c1-20-14-6-4-13(5-7-14)10-15(19)18-12-16(11-17)8-2-3-9-16/h4-7H,2-3,8-12H2,1H3,(H,18,19). The number of rotatable bonds is 6. The van der Waals surface area contributed by atoms with Crippen molar-refractivity contribution in [1.29, 1.82) is 0 Å². The third-order valence-electron chi connectivity index (χ3n) is 4.13. The number of ether oxygens (including phenoxy) is 1. The van der Waals surface area contributed by atoms with Crippen LogP contribution in [0.15, 0.2) is 24.3 Å². The summed E-state index contributed by atoms with van der Waals surface area (Å²) in [6.45, 7) is 0.700. The summed E-state index contributed by atoms with van der Waals surface area (Å²) in [6, 6.07) is 7.59. The van der Waals surface area contributed by atoms with Crippen molar-refractivity contribution in [3.8, 4) is 5.75 Å². The van der Waals surface area contributed by atoms with Crippen LogP contribution in [0.1, 0.15) is 31.2 Å². The number of halogens is 1. The smallest absolute Gasteiger partial charge is 0.224 e. The highest BCUT2D eigenvalue weighted by molar-refractivity contribution is 6.18. The third kappa shape index (κ3) is 3.89. The van der Waals surface area contributed by atoms with Gasteiger partial charge in [-0.25, -0.2) is 0 Å². The van der Waals surface area contributed by atoms with Crippen LogP contribution in [-0.4, -0.2) is 25.4 Å².